The van der Waals surface area contributed by atoms with Gasteiger partial charge >= 0.3 is 6.09 Å². The number of rotatable bonds is 11. The Hall–Kier alpha value is -3.60. The lowest BCUT2D eigenvalue weighted by atomic mass is 10.1. The third-order valence-electron chi connectivity index (χ3n) is 5.97. The van der Waals surface area contributed by atoms with E-state index < -0.39 is 27.6 Å². The molecule has 0 aliphatic heterocycles. The van der Waals surface area contributed by atoms with Crippen LogP contribution in [0.5, 0.6) is 5.75 Å². The monoisotopic (exact) mass is 602 g/mol. The molecule has 0 radical (unpaired) electrons. The molecule has 0 saturated carbocycles. The topological polar surface area (TPSA) is 122 Å². The number of likely N-dealkylation sites (N-methyl/N-ethyl adjacent to an activating group) is 1. The van der Waals surface area contributed by atoms with E-state index >= 15 is 0 Å². The normalized spacial score (nSPS) is 12.3. The number of carbonyl (C=O) groups is 2. The van der Waals surface area contributed by atoms with Crippen molar-refractivity contribution >= 4 is 33.4 Å². The van der Waals surface area contributed by atoms with Crippen LogP contribution in [0.3, 0.4) is 0 Å². The van der Waals surface area contributed by atoms with Crippen molar-refractivity contribution in [3.63, 3.8) is 0 Å². The van der Waals surface area contributed by atoms with Crippen LogP contribution in [0.25, 0.3) is 0 Å². The van der Waals surface area contributed by atoms with E-state index in [4.69, 9.17) is 21.1 Å². The van der Waals surface area contributed by atoms with Crippen molar-refractivity contribution in [2.24, 2.45) is 0 Å². The average Bonchev–Trinajstić information content (AvgIpc) is 2.93. The molecule has 3 rings (SSSR count). The Morgan fingerprint density at radius 2 is 1.61 bits per heavy atom. The minimum absolute atomic E-state index is 0.00938. The van der Waals surface area contributed by atoms with Crippen LogP contribution in [0.4, 0.5) is 4.79 Å². The van der Waals surface area contributed by atoms with Crippen molar-refractivity contribution in [3.8, 4) is 5.75 Å². The summed E-state index contributed by atoms with van der Waals surface area (Å²) in [5, 5.41) is 13.7. The molecule has 0 aromatic heterocycles. The standard InChI is InChI=1S/C30H35ClN2O7S/c1-30(2,3)40-29(36)33(19-27(34)22-6-5-7-23(31)18-22)17-16-21-8-12-25(13-9-21)41(37,38)26-14-10-24(11-15-26)39-20-28(35)32-4/h5-15,18,27,34H,16-17,19-20H2,1-4H3,(H,32,35)/t27-/m0/s1. The van der Waals surface area contributed by atoms with Crippen molar-refractivity contribution < 1.29 is 32.6 Å². The number of nitrogens with zero attached hydrogens (tertiary/aromatic N) is 1. The Morgan fingerprint density at radius 3 is 2.17 bits per heavy atom. The highest BCUT2D eigenvalue weighted by Gasteiger charge is 2.25. The lowest BCUT2D eigenvalue weighted by Crippen LogP contribution is -2.40. The Morgan fingerprint density at radius 1 is 1.00 bits per heavy atom. The van der Waals surface area contributed by atoms with Gasteiger partial charge in [0.2, 0.25) is 9.84 Å². The number of carbonyl (C=O) groups excluding carboxylic acids is 2. The fourth-order valence-corrected chi connectivity index (χ4v) is 5.24. The number of halogens is 1. The van der Waals surface area contributed by atoms with Gasteiger partial charge in [0.25, 0.3) is 5.91 Å². The maximum atomic E-state index is 13.1. The summed E-state index contributed by atoms with van der Waals surface area (Å²) in [5.41, 5.74) is 0.653. The van der Waals surface area contributed by atoms with Crippen LogP contribution >= 0.6 is 11.6 Å². The molecule has 0 fully saturated rings. The Bertz CT molecular complexity index is 1440. The summed E-state index contributed by atoms with van der Waals surface area (Å²) in [4.78, 5) is 25.9. The third kappa shape index (κ3) is 9.48. The molecular formula is C30H35ClN2O7S. The summed E-state index contributed by atoms with van der Waals surface area (Å²) in [5.74, 6) is 0.0752. The third-order valence-corrected chi connectivity index (χ3v) is 7.99. The molecule has 0 aliphatic carbocycles. The minimum Gasteiger partial charge on any atom is -0.484 e. The Balaban J connectivity index is 1.69. The number of benzene rings is 3. The molecule has 2 N–H and O–H groups in total. The molecule has 0 bridgehead atoms. The van der Waals surface area contributed by atoms with E-state index in [2.05, 4.69) is 5.32 Å². The molecule has 2 amide bonds. The molecule has 0 unspecified atom stereocenters. The first kappa shape index (κ1) is 31.9. The van der Waals surface area contributed by atoms with Gasteiger partial charge in [-0.25, -0.2) is 13.2 Å². The van der Waals surface area contributed by atoms with Gasteiger partial charge in [0.1, 0.15) is 11.4 Å². The fourth-order valence-electron chi connectivity index (χ4n) is 3.78. The van der Waals surface area contributed by atoms with Crippen molar-refractivity contribution in [1.82, 2.24) is 10.2 Å². The lowest BCUT2D eigenvalue weighted by Gasteiger charge is -2.29. The van der Waals surface area contributed by atoms with E-state index in [1.54, 1.807) is 57.2 Å². The highest BCUT2D eigenvalue weighted by atomic mass is 35.5. The number of ether oxygens (including phenoxy) is 2. The maximum Gasteiger partial charge on any atom is 0.410 e. The van der Waals surface area contributed by atoms with Gasteiger partial charge in [0.15, 0.2) is 6.61 Å². The quantitative estimate of drug-likeness (QED) is 0.323. The van der Waals surface area contributed by atoms with Crippen LogP contribution in [-0.4, -0.2) is 62.8 Å². The zero-order valence-corrected chi connectivity index (χ0v) is 25.0. The number of sulfone groups is 1. The second-order valence-corrected chi connectivity index (χ2v) is 12.7. The zero-order valence-electron chi connectivity index (χ0n) is 23.5. The molecule has 9 nitrogen and oxygen atoms in total. The molecule has 11 heteroatoms. The molecule has 0 saturated heterocycles. The highest BCUT2D eigenvalue weighted by Crippen LogP contribution is 2.24. The van der Waals surface area contributed by atoms with Gasteiger partial charge in [-0.15, -0.1) is 0 Å². The van der Waals surface area contributed by atoms with E-state index in [1.807, 2.05) is 0 Å². The minimum atomic E-state index is -3.79. The molecule has 1 atom stereocenters. The summed E-state index contributed by atoms with van der Waals surface area (Å²) in [6, 6.07) is 19.0. The maximum absolute atomic E-state index is 13.1. The van der Waals surface area contributed by atoms with Crippen LogP contribution in [0, 0.1) is 0 Å². The van der Waals surface area contributed by atoms with E-state index in [9.17, 15) is 23.1 Å². The molecule has 0 spiro atoms. The molecule has 0 heterocycles. The first-order valence-electron chi connectivity index (χ1n) is 13.0. The van der Waals surface area contributed by atoms with Gasteiger partial charge in [0.05, 0.1) is 22.4 Å². The molecule has 3 aromatic rings. The largest absolute Gasteiger partial charge is 0.484 e. The first-order valence-corrected chi connectivity index (χ1v) is 14.8. The first-order chi connectivity index (χ1) is 19.3. The zero-order chi connectivity index (χ0) is 30.2. The summed E-state index contributed by atoms with van der Waals surface area (Å²) >= 11 is 6.06. The molecule has 41 heavy (non-hydrogen) atoms. The van der Waals surface area contributed by atoms with Crippen LogP contribution in [0.1, 0.15) is 38.0 Å². The molecular weight excluding hydrogens is 568 g/mol. The predicted octanol–water partition coefficient (Wildman–Crippen LogP) is 4.81. The fraction of sp³-hybridized carbons (Fsp3) is 0.333. The Kier molecular flexibility index (Phi) is 10.8. The van der Waals surface area contributed by atoms with E-state index in [-0.39, 0.29) is 35.4 Å². The van der Waals surface area contributed by atoms with Gasteiger partial charge in [-0.3, -0.25) is 4.79 Å². The SMILES string of the molecule is CNC(=O)COc1ccc(S(=O)(=O)c2ccc(CCN(C[C@H](O)c3cccc(Cl)c3)C(=O)OC(C)(C)C)cc2)cc1. The van der Waals surface area contributed by atoms with Crippen molar-refractivity contribution in [1.29, 1.82) is 0 Å². The average molecular weight is 603 g/mol. The number of hydrogen-bond acceptors (Lipinski definition) is 7. The van der Waals surface area contributed by atoms with Crippen LogP contribution in [-0.2, 0) is 25.8 Å². The Labute approximate surface area is 246 Å². The summed E-state index contributed by atoms with van der Waals surface area (Å²) in [6.45, 7) is 5.35. The van der Waals surface area contributed by atoms with Gasteiger partial charge in [-0.1, -0.05) is 35.9 Å². The molecule has 3 aromatic carbocycles. The van der Waals surface area contributed by atoms with E-state index in [0.29, 0.717) is 22.8 Å². The van der Waals surface area contributed by atoms with Gasteiger partial charge < -0.3 is 24.8 Å². The van der Waals surface area contributed by atoms with Crippen LogP contribution in [0.2, 0.25) is 5.02 Å². The van der Waals surface area contributed by atoms with Crippen molar-refractivity contribution in [2.45, 2.75) is 48.7 Å². The van der Waals surface area contributed by atoms with Crippen molar-refractivity contribution in [2.75, 3.05) is 26.7 Å². The molecule has 0 aliphatic rings. The summed E-state index contributed by atoms with van der Waals surface area (Å²) in [6.07, 6.45) is -1.14. The number of aliphatic hydroxyl groups is 1. The van der Waals surface area contributed by atoms with E-state index in [0.717, 1.165) is 5.56 Å². The smallest absolute Gasteiger partial charge is 0.410 e. The number of nitrogens with one attached hydrogen (secondary N) is 1. The van der Waals surface area contributed by atoms with Crippen LogP contribution < -0.4 is 10.1 Å². The predicted molar refractivity (Wildman–Crippen MR) is 156 cm³/mol. The second kappa shape index (κ2) is 13.8. The van der Waals surface area contributed by atoms with Crippen LogP contribution in [0.15, 0.2) is 82.6 Å². The van der Waals surface area contributed by atoms with Gasteiger partial charge in [0, 0.05) is 18.6 Å². The highest BCUT2D eigenvalue weighted by molar-refractivity contribution is 7.91. The van der Waals surface area contributed by atoms with Gasteiger partial charge in [-0.05, 0) is 86.8 Å². The number of hydrogen-bond donors (Lipinski definition) is 2. The lowest BCUT2D eigenvalue weighted by molar-refractivity contribution is -0.122. The second-order valence-electron chi connectivity index (χ2n) is 10.3. The number of aliphatic hydroxyl groups excluding tert-OH is 1. The van der Waals surface area contributed by atoms with Gasteiger partial charge in [-0.2, -0.15) is 0 Å². The molecule has 220 valence electrons. The van der Waals surface area contributed by atoms with Crippen molar-refractivity contribution in [3.05, 3.63) is 88.9 Å². The summed E-state index contributed by atoms with van der Waals surface area (Å²) < 4.78 is 37.1. The number of amides is 2. The van der Waals surface area contributed by atoms with E-state index in [1.165, 1.54) is 48.3 Å². The summed E-state index contributed by atoms with van der Waals surface area (Å²) in [7, 11) is -2.29.